The largest absolute Gasteiger partial charge is 0.484 e. The van der Waals surface area contributed by atoms with Crippen LogP contribution >= 0.6 is 0 Å². The predicted octanol–water partition coefficient (Wildman–Crippen LogP) is 3.45. The number of halogens is 3. The average Bonchev–Trinajstić information content (AvgIpc) is 2.76. The number of anilines is 1. The van der Waals surface area contributed by atoms with E-state index >= 15 is 0 Å². The monoisotopic (exact) mass is 436 g/mol. The van der Waals surface area contributed by atoms with Crippen LogP contribution < -0.4 is 9.64 Å². The number of carboxylic acid groups (broad SMARTS) is 1. The van der Waals surface area contributed by atoms with Gasteiger partial charge in [-0.15, -0.1) is 0 Å². The number of benzene rings is 2. The quantitative estimate of drug-likeness (QED) is 0.720. The number of hydrogen-bond donors (Lipinski definition) is 1. The molecule has 6 nitrogen and oxygen atoms in total. The fourth-order valence-corrected chi connectivity index (χ4v) is 3.32. The van der Waals surface area contributed by atoms with Gasteiger partial charge in [-0.25, -0.2) is 0 Å². The summed E-state index contributed by atoms with van der Waals surface area (Å²) in [6.07, 6.45) is -3.88. The maximum Gasteiger partial charge on any atom is 0.416 e. The normalized spacial score (nSPS) is 14.4. The average molecular weight is 436 g/mol. The van der Waals surface area contributed by atoms with Gasteiger partial charge in [-0.2, -0.15) is 13.2 Å². The van der Waals surface area contributed by atoms with Crippen LogP contribution in [0, 0.1) is 0 Å². The zero-order valence-corrected chi connectivity index (χ0v) is 16.8. The molecule has 0 spiro atoms. The molecule has 1 amide bonds. The molecule has 0 aliphatic carbocycles. The second kappa shape index (κ2) is 9.72. The van der Waals surface area contributed by atoms with E-state index in [4.69, 9.17) is 9.84 Å². The molecule has 0 saturated carbocycles. The van der Waals surface area contributed by atoms with Crippen molar-refractivity contribution in [2.45, 2.75) is 19.0 Å². The summed E-state index contributed by atoms with van der Waals surface area (Å²) in [5, 5.41) is 8.71. The maximum atomic E-state index is 12.7. The number of alkyl halides is 3. The highest BCUT2D eigenvalue weighted by molar-refractivity contribution is 5.78. The molecule has 0 unspecified atom stereocenters. The lowest BCUT2D eigenvalue weighted by Crippen LogP contribution is -2.50. The molecule has 0 aromatic heterocycles. The van der Waals surface area contributed by atoms with Crippen LogP contribution in [0.1, 0.15) is 17.5 Å². The summed E-state index contributed by atoms with van der Waals surface area (Å²) in [5.41, 5.74) is 0.886. The van der Waals surface area contributed by atoms with Crippen LogP contribution in [0.4, 0.5) is 18.9 Å². The Kier molecular flexibility index (Phi) is 7.04. The molecule has 166 valence electrons. The minimum atomic E-state index is -4.36. The Labute approximate surface area is 177 Å². The Morgan fingerprint density at radius 2 is 1.55 bits per heavy atom. The van der Waals surface area contributed by atoms with E-state index in [2.05, 4.69) is 0 Å². The first-order valence-corrected chi connectivity index (χ1v) is 9.86. The zero-order chi connectivity index (χ0) is 22.4. The Morgan fingerprint density at radius 1 is 0.935 bits per heavy atom. The van der Waals surface area contributed by atoms with Gasteiger partial charge in [0.2, 0.25) is 0 Å². The first kappa shape index (κ1) is 22.5. The number of piperazine rings is 1. The molecule has 31 heavy (non-hydrogen) atoms. The summed E-state index contributed by atoms with van der Waals surface area (Å²) in [4.78, 5) is 26.6. The minimum Gasteiger partial charge on any atom is -0.484 e. The van der Waals surface area contributed by atoms with Gasteiger partial charge in [0.1, 0.15) is 5.75 Å². The van der Waals surface area contributed by atoms with E-state index in [-0.39, 0.29) is 18.9 Å². The van der Waals surface area contributed by atoms with Crippen molar-refractivity contribution in [2.24, 2.45) is 0 Å². The lowest BCUT2D eigenvalue weighted by molar-refractivity contribution is -0.138. The summed E-state index contributed by atoms with van der Waals surface area (Å²) < 4.78 is 43.6. The number of hydrogen-bond acceptors (Lipinski definition) is 4. The first-order valence-electron chi connectivity index (χ1n) is 9.86. The van der Waals surface area contributed by atoms with Gasteiger partial charge in [-0.1, -0.05) is 12.1 Å². The highest BCUT2D eigenvalue weighted by atomic mass is 19.4. The van der Waals surface area contributed by atoms with E-state index in [1.807, 2.05) is 4.90 Å². The van der Waals surface area contributed by atoms with E-state index < -0.39 is 17.7 Å². The maximum absolute atomic E-state index is 12.7. The SMILES string of the molecule is O=C(O)CCc1ccc(OCC(=O)N2CCN(c3ccc(C(F)(F)F)cc3)CC2)cc1. The molecule has 0 atom stereocenters. The van der Waals surface area contributed by atoms with Crippen molar-refractivity contribution in [3.8, 4) is 5.75 Å². The van der Waals surface area contributed by atoms with Crippen molar-refractivity contribution in [3.63, 3.8) is 0 Å². The summed E-state index contributed by atoms with van der Waals surface area (Å²) in [6.45, 7) is 1.84. The topological polar surface area (TPSA) is 70.1 Å². The van der Waals surface area contributed by atoms with Gasteiger partial charge in [0, 0.05) is 38.3 Å². The summed E-state index contributed by atoms with van der Waals surface area (Å²) in [6, 6.07) is 12.0. The fourth-order valence-electron chi connectivity index (χ4n) is 3.32. The number of ether oxygens (including phenoxy) is 1. The van der Waals surface area contributed by atoms with E-state index in [1.54, 1.807) is 29.2 Å². The van der Waals surface area contributed by atoms with Crippen molar-refractivity contribution < 1.29 is 32.6 Å². The number of carbonyl (C=O) groups excluding carboxylic acids is 1. The summed E-state index contributed by atoms with van der Waals surface area (Å²) >= 11 is 0. The van der Waals surface area contributed by atoms with Crippen LogP contribution in [0.5, 0.6) is 5.75 Å². The standard InChI is InChI=1S/C22H23F3N2O4/c23-22(24,25)17-4-6-18(7-5-17)26-11-13-27(14-12-26)20(28)15-31-19-8-1-16(2-9-19)3-10-21(29)30/h1-2,4-9H,3,10-15H2,(H,29,30). The molecule has 1 heterocycles. The van der Waals surface area contributed by atoms with Crippen LogP contribution in [-0.4, -0.2) is 54.7 Å². The lowest BCUT2D eigenvalue weighted by Gasteiger charge is -2.36. The summed E-state index contributed by atoms with van der Waals surface area (Å²) in [5.74, 6) is -0.498. The second-order valence-corrected chi connectivity index (χ2v) is 7.24. The van der Waals surface area contributed by atoms with E-state index in [1.165, 1.54) is 12.1 Å². The van der Waals surface area contributed by atoms with E-state index in [0.717, 1.165) is 17.7 Å². The van der Waals surface area contributed by atoms with Gasteiger partial charge in [-0.05, 0) is 48.4 Å². The van der Waals surface area contributed by atoms with Crippen LogP contribution in [0.25, 0.3) is 0 Å². The molecule has 2 aromatic rings. The third-order valence-electron chi connectivity index (χ3n) is 5.11. The molecule has 0 bridgehead atoms. The van der Waals surface area contributed by atoms with Crippen LogP contribution in [-0.2, 0) is 22.2 Å². The number of carboxylic acids is 1. The van der Waals surface area contributed by atoms with Crippen molar-refractivity contribution in [3.05, 3.63) is 59.7 Å². The minimum absolute atomic E-state index is 0.0527. The third kappa shape index (κ3) is 6.37. The Hall–Kier alpha value is -3.23. The van der Waals surface area contributed by atoms with Gasteiger partial charge < -0.3 is 19.6 Å². The molecule has 2 aromatic carbocycles. The van der Waals surface area contributed by atoms with Crippen molar-refractivity contribution >= 4 is 17.6 Å². The molecule has 1 N–H and O–H groups in total. The summed E-state index contributed by atoms with van der Waals surface area (Å²) in [7, 11) is 0. The fraction of sp³-hybridized carbons (Fsp3) is 0.364. The van der Waals surface area contributed by atoms with Crippen LogP contribution in [0.15, 0.2) is 48.5 Å². The number of aryl methyl sites for hydroxylation is 1. The van der Waals surface area contributed by atoms with Gasteiger partial charge in [0.25, 0.3) is 5.91 Å². The van der Waals surface area contributed by atoms with Gasteiger partial charge >= 0.3 is 12.1 Å². The van der Waals surface area contributed by atoms with Crippen LogP contribution in [0.3, 0.4) is 0 Å². The van der Waals surface area contributed by atoms with Gasteiger partial charge in [0.05, 0.1) is 5.56 Å². The van der Waals surface area contributed by atoms with Crippen molar-refractivity contribution in [1.29, 1.82) is 0 Å². The Balaban J connectivity index is 1.44. The molecular formula is C22H23F3N2O4. The molecular weight excluding hydrogens is 413 g/mol. The Bertz CT molecular complexity index is 890. The first-order chi connectivity index (χ1) is 14.7. The molecule has 1 aliphatic heterocycles. The molecule has 9 heteroatoms. The van der Waals surface area contributed by atoms with Crippen molar-refractivity contribution in [1.82, 2.24) is 4.90 Å². The zero-order valence-electron chi connectivity index (χ0n) is 16.8. The Morgan fingerprint density at radius 3 is 2.10 bits per heavy atom. The molecule has 1 aliphatic rings. The lowest BCUT2D eigenvalue weighted by atomic mass is 10.1. The highest BCUT2D eigenvalue weighted by Gasteiger charge is 2.30. The van der Waals surface area contributed by atoms with Crippen molar-refractivity contribution in [2.75, 3.05) is 37.7 Å². The van der Waals surface area contributed by atoms with Gasteiger partial charge in [-0.3, -0.25) is 9.59 Å². The third-order valence-corrected chi connectivity index (χ3v) is 5.11. The van der Waals surface area contributed by atoms with Gasteiger partial charge in [0.15, 0.2) is 6.61 Å². The number of nitrogens with zero attached hydrogens (tertiary/aromatic N) is 2. The number of rotatable bonds is 7. The molecule has 1 fully saturated rings. The number of amides is 1. The molecule has 1 saturated heterocycles. The number of aliphatic carboxylic acids is 1. The number of carbonyl (C=O) groups is 2. The van der Waals surface area contributed by atoms with Crippen LogP contribution in [0.2, 0.25) is 0 Å². The molecule has 0 radical (unpaired) electrons. The van der Waals surface area contributed by atoms with E-state index in [9.17, 15) is 22.8 Å². The smallest absolute Gasteiger partial charge is 0.416 e. The predicted molar refractivity (Wildman–Crippen MR) is 108 cm³/mol. The second-order valence-electron chi connectivity index (χ2n) is 7.24. The van der Waals surface area contributed by atoms with E-state index in [0.29, 0.717) is 44.0 Å². The molecule has 3 rings (SSSR count). The highest BCUT2D eigenvalue weighted by Crippen LogP contribution is 2.30.